The monoisotopic (exact) mass is 598 g/mol. The minimum Gasteiger partial charge on any atom is -0.497 e. The number of carbonyl (C=O) groups excluding carboxylic acids is 4. The normalized spacial score (nSPS) is 24.4. The summed E-state index contributed by atoms with van der Waals surface area (Å²) in [5, 5.41) is 0. The number of aryl methyl sites for hydroxylation is 1. The predicted octanol–water partition coefficient (Wildman–Crippen LogP) is 5.36. The van der Waals surface area contributed by atoms with E-state index in [0.29, 0.717) is 28.4 Å². The summed E-state index contributed by atoms with van der Waals surface area (Å²) in [4.78, 5) is 57.0. The van der Waals surface area contributed by atoms with Crippen molar-refractivity contribution in [3.05, 3.63) is 119 Å². The fourth-order valence-electron chi connectivity index (χ4n) is 7.93. The van der Waals surface area contributed by atoms with E-state index in [1.54, 1.807) is 61.4 Å². The van der Waals surface area contributed by atoms with Gasteiger partial charge in [-0.15, -0.1) is 0 Å². The van der Waals surface area contributed by atoms with Gasteiger partial charge in [-0.1, -0.05) is 48.5 Å². The van der Waals surface area contributed by atoms with Crippen molar-refractivity contribution in [3.8, 4) is 11.5 Å². The van der Waals surface area contributed by atoms with E-state index in [0.717, 1.165) is 22.3 Å². The van der Waals surface area contributed by atoms with Crippen molar-refractivity contribution >= 4 is 35.1 Å². The third-order valence-electron chi connectivity index (χ3n) is 9.92. The van der Waals surface area contributed by atoms with Crippen LogP contribution < -0.4 is 19.3 Å². The van der Waals surface area contributed by atoms with Crippen molar-refractivity contribution in [1.82, 2.24) is 0 Å². The lowest BCUT2D eigenvalue weighted by Gasteiger charge is -2.45. The third kappa shape index (κ3) is 4.05. The fourth-order valence-corrected chi connectivity index (χ4v) is 7.93. The zero-order chi connectivity index (χ0) is 31.0. The van der Waals surface area contributed by atoms with E-state index in [1.807, 2.05) is 24.3 Å². The average Bonchev–Trinajstić information content (AvgIpc) is 3.58. The summed E-state index contributed by atoms with van der Waals surface area (Å²) in [6.45, 7) is 2.02. The van der Waals surface area contributed by atoms with Gasteiger partial charge in [-0.3, -0.25) is 19.2 Å². The molecule has 0 unspecified atom stereocenters. The van der Waals surface area contributed by atoms with Gasteiger partial charge in [-0.05, 0) is 77.2 Å². The first-order valence-electron chi connectivity index (χ1n) is 15.2. The standard InChI is InChI=1S/C37H30N2O6/c1-20-17-24(45-37(43)21-18-30(40)38(19-21)22-11-13-23(44-2)14-12-22)15-16-29(20)39-35(41)33-31-25-7-3-4-8-26(25)32(34(33)36(39)42)28-10-6-5-9-27(28)31/h3-17,21,31-34H,18-19H2,1-2H3/t21-,31?,32?,33-,34+/m1/s1. The molecule has 2 aliphatic heterocycles. The van der Waals surface area contributed by atoms with E-state index in [1.165, 1.54) is 4.90 Å². The Kier molecular flexibility index (Phi) is 6.17. The van der Waals surface area contributed by atoms with Crippen molar-refractivity contribution in [2.75, 3.05) is 23.5 Å². The molecule has 9 rings (SSSR count). The number of rotatable bonds is 5. The average molecular weight is 599 g/mol. The Morgan fingerprint density at radius 3 is 1.78 bits per heavy atom. The van der Waals surface area contributed by atoms with E-state index < -0.39 is 23.7 Å². The van der Waals surface area contributed by atoms with Crippen LogP contribution in [0, 0.1) is 24.7 Å². The van der Waals surface area contributed by atoms with Gasteiger partial charge in [0, 0.05) is 30.5 Å². The number of carbonyl (C=O) groups is 4. The van der Waals surface area contributed by atoms with Gasteiger partial charge in [0.2, 0.25) is 17.7 Å². The lowest BCUT2D eigenvalue weighted by atomic mass is 9.55. The molecule has 0 saturated carbocycles. The Morgan fingerprint density at radius 2 is 1.27 bits per heavy atom. The second-order valence-corrected chi connectivity index (χ2v) is 12.2. The summed E-state index contributed by atoms with van der Waals surface area (Å²) in [6, 6.07) is 28.4. The van der Waals surface area contributed by atoms with Crippen LogP contribution in [0.4, 0.5) is 11.4 Å². The number of hydrogen-bond acceptors (Lipinski definition) is 6. The molecular weight excluding hydrogens is 568 g/mol. The van der Waals surface area contributed by atoms with Crippen LogP contribution in [0.15, 0.2) is 91.0 Å². The molecule has 0 radical (unpaired) electrons. The zero-order valence-corrected chi connectivity index (χ0v) is 24.8. The Hall–Kier alpha value is -5.24. The van der Waals surface area contributed by atoms with Gasteiger partial charge in [-0.25, -0.2) is 4.90 Å². The summed E-state index contributed by atoms with van der Waals surface area (Å²) in [6.07, 6.45) is 0.0502. The van der Waals surface area contributed by atoms with Crippen LogP contribution in [-0.2, 0) is 19.2 Å². The van der Waals surface area contributed by atoms with Crippen molar-refractivity contribution in [1.29, 1.82) is 0 Å². The molecule has 3 aliphatic carbocycles. The summed E-state index contributed by atoms with van der Waals surface area (Å²) in [7, 11) is 1.57. The molecule has 4 aromatic rings. The summed E-state index contributed by atoms with van der Waals surface area (Å²) in [5.41, 5.74) is 6.33. The molecule has 2 bridgehead atoms. The summed E-state index contributed by atoms with van der Waals surface area (Å²) in [5.74, 6) is -2.00. The largest absolute Gasteiger partial charge is 0.497 e. The van der Waals surface area contributed by atoms with E-state index in [-0.39, 0.29) is 42.5 Å². The van der Waals surface area contributed by atoms with Crippen LogP contribution in [0.3, 0.4) is 0 Å². The van der Waals surface area contributed by atoms with Crippen LogP contribution in [-0.4, -0.2) is 37.3 Å². The van der Waals surface area contributed by atoms with Gasteiger partial charge < -0.3 is 14.4 Å². The van der Waals surface area contributed by atoms with Gasteiger partial charge in [0.05, 0.1) is 30.6 Å². The molecule has 45 heavy (non-hydrogen) atoms. The molecule has 2 fully saturated rings. The first-order chi connectivity index (χ1) is 21.9. The third-order valence-corrected chi connectivity index (χ3v) is 9.92. The molecule has 0 N–H and O–H groups in total. The number of imide groups is 1. The maximum atomic E-state index is 14.1. The second-order valence-electron chi connectivity index (χ2n) is 12.2. The number of benzene rings is 4. The quantitative estimate of drug-likeness (QED) is 0.175. The molecule has 5 aliphatic rings. The van der Waals surface area contributed by atoms with Crippen LogP contribution in [0.1, 0.15) is 46.1 Å². The molecule has 2 heterocycles. The minimum atomic E-state index is -0.622. The maximum Gasteiger partial charge on any atom is 0.316 e. The van der Waals surface area contributed by atoms with Crippen molar-refractivity contribution in [2.24, 2.45) is 17.8 Å². The van der Waals surface area contributed by atoms with Gasteiger partial charge in [-0.2, -0.15) is 0 Å². The number of nitrogens with zero attached hydrogens (tertiary/aromatic N) is 2. The van der Waals surface area contributed by atoms with E-state index >= 15 is 0 Å². The number of methoxy groups -OCH3 is 1. The Labute approximate surface area is 260 Å². The molecular formula is C37H30N2O6. The minimum absolute atomic E-state index is 0.0502. The molecule has 8 heteroatoms. The van der Waals surface area contributed by atoms with Crippen molar-refractivity contribution in [2.45, 2.75) is 25.2 Å². The van der Waals surface area contributed by atoms with Crippen LogP contribution in [0.25, 0.3) is 0 Å². The van der Waals surface area contributed by atoms with E-state index in [9.17, 15) is 19.2 Å². The highest BCUT2D eigenvalue weighted by molar-refractivity contribution is 6.23. The number of esters is 1. The highest BCUT2D eigenvalue weighted by Crippen LogP contribution is 2.61. The number of anilines is 2. The van der Waals surface area contributed by atoms with Crippen molar-refractivity contribution in [3.63, 3.8) is 0 Å². The predicted molar refractivity (Wildman–Crippen MR) is 166 cm³/mol. The molecule has 3 atom stereocenters. The van der Waals surface area contributed by atoms with Gasteiger partial charge >= 0.3 is 5.97 Å². The maximum absolute atomic E-state index is 14.1. The Morgan fingerprint density at radius 1 is 0.733 bits per heavy atom. The topological polar surface area (TPSA) is 93.2 Å². The van der Waals surface area contributed by atoms with E-state index in [2.05, 4.69) is 24.3 Å². The molecule has 3 amide bonds. The number of amides is 3. The molecule has 0 aromatic heterocycles. The van der Waals surface area contributed by atoms with Gasteiger partial charge in [0.1, 0.15) is 11.5 Å². The lowest BCUT2D eigenvalue weighted by Crippen LogP contribution is -2.41. The number of hydrogen-bond donors (Lipinski definition) is 0. The smallest absolute Gasteiger partial charge is 0.316 e. The molecule has 2 saturated heterocycles. The molecule has 224 valence electrons. The van der Waals surface area contributed by atoms with Crippen LogP contribution >= 0.6 is 0 Å². The SMILES string of the molecule is COc1ccc(N2C[C@H](C(=O)Oc3ccc(N4C(=O)[C@@H]5C6c7ccccc7C(c7ccccc76)[C@@H]5C4=O)c(C)c3)CC2=O)cc1. The zero-order valence-electron chi connectivity index (χ0n) is 24.8. The van der Waals surface area contributed by atoms with Crippen LogP contribution in [0.5, 0.6) is 11.5 Å². The Bertz CT molecular complexity index is 1800. The first kappa shape index (κ1) is 27.3. The Balaban J connectivity index is 1.03. The number of ether oxygens (including phenoxy) is 2. The lowest BCUT2D eigenvalue weighted by molar-refractivity contribution is -0.139. The van der Waals surface area contributed by atoms with Crippen molar-refractivity contribution < 1.29 is 28.7 Å². The molecule has 8 nitrogen and oxygen atoms in total. The highest BCUT2D eigenvalue weighted by atomic mass is 16.5. The second kappa shape index (κ2) is 10.2. The highest BCUT2D eigenvalue weighted by Gasteiger charge is 2.61. The molecule has 4 aromatic carbocycles. The fraction of sp³-hybridized carbons (Fsp3) is 0.243. The first-order valence-corrected chi connectivity index (χ1v) is 15.2. The van der Waals surface area contributed by atoms with E-state index in [4.69, 9.17) is 9.47 Å². The van der Waals surface area contributed by atoms with Gasteiger partial charge in [0.25, 0.3) is 0 Å². The van der Waals surface area contributed by atoms with Crippen LogP contribution in [0.2, 0.25) is 0 Å². The summed E-state index contributed by atoms with van der Waals surface area (Å²) >= 11 is 0. The molecule has 0 spiro atoms. The summed E-state index contributed by atoms with van der Waals surface area (Å²) < 4.78 is 10.9. The van der Waals surface area contributed by atoms with Gasteiger partial charge in [0.15, 0.2) is 0 Å².